The molecule has 2 N–H and O–H groups in total. The number of imide groups is 1. The molecular weight excluding hydrogens is 542 g/mol. The fraction of sp³-hybridized carbons (Fsp3) is 0.0645. The third-order valence-corrected chi connectivity index (χ3v) is 7.47. The SMILES string of the molecule is COc1ccc(NC2=C(Sc3ccc(NC(=O)c4ccc5c(c4)OCO5)cc3)C(=O)N(c3ccccc3)C2=O)cc1. The first-order valence-electron chi connectivity index (χ1n) is 12.6. The Morgan fingerprint density at radius 3 is 2.27 bits per heavy atom. The van der Waals surface area contributed by atoms with Gasteiger partial charge in [0.25, 0.3) is 17.7 Å². The number of para-hydroxylation sites is 1. The van der Waals surface area contributed by atoms with E-state index >= 15 is 0 Å². The number of thioether (sulfide) groups is 1. The van der Waals surface area contributed by atoms with Gasteiger partial charge in [-0.3, -0.25) is 14.4 Å². The van der Waals surface area contributed by atoms with Crippen LogP contribution in [0.2, 0.25) is 0 Å². The molecule has 9 nitrogen and oxygen atoms in total. The number of hydrogen-bond acceptors (Lipinski definition) is 8. The summed E-state index contributed by atoms with van der Waals surface area (Å²) < 4.78 is 15.9. The summed E-state index contributed by atoms with van der Waals surface area (Å²) in [5.74, 6) is 0.618. The van der Waals surface area contributed by atoms with Crippen molar-refractivity contribution in [2.45, 2.75) is 4.90 Å². The van der Waals surface area contributed by atoms with Crippen molar-refractivity contribution in [3.05, 3.63) is 113 Å². The first-order chi connectivity index (χ1) is 20.0. The van der Waals surface area contributed by atoms with Gasteiger partial charge in [-0.25, -0.2) is 4.90 Å². The molecule has 0 aliphatic carbocycles. The van der Waals surface area contributed by atoms with Crippen LogP contribution in [0.3, 0.4) is 0 Å². The molecular formula is C31H23N3O6S. The normalized spacial score (nSPS) is 13.9. The lowest BCUT2D eigenvalue weighted by atomic mass is 10.2. The molecule has 0 atom stereocenters. The topological polar surface area (TPSA) is 106 Å². The summed E-state index contributed by atoms with van der Waals surface area (Å²) in [5, 5.41) is 5.99. The maximum absolute atomic E-state index is 13.6. The van der Waals surface area contributed by atoms with E-state index in [1.54, 1.807) is 98.1 Å². The van der Waals surface area contributed by atoms with E-state index in [2.05, 4.69) is 10.6 Å². The number of amides is 3. The molecule has 0 spiro atoms. The van der Waals surface area contributed by atoms with E-state index in [0.717, 1.165) is 4.90 Å². The molecule has 41 heavy (non-hydrogen) atoms. The molecule has 10 heteroatoms. The molecule has 0 radical (unpaired) electrons. The molecule has 3 amide bonds. The third kappa shape index (κ3) is 5.32. The van der Waals surface area contributed by atoms with Gasteiger partial charge in [0.05, 0.1) is 12.8 Å². The molecule has 4 aromatic carbocycles. The number of carbonyl (C=O) groups excluding carboxylic acids is 3. The van der Waals surface area contributed by atoms with E-state index in [0.29, 0.717) is 44.8 Å². The highest BCUT2D eigenvalue weighted by Crippen LogP contribution is 2.38. The molecule has 2 aliphatic heterocycles. The third-order valence-electron chi connectivity index (χ3n) is 6.38. The number of nitrogens with zero attached hydrogens (tertiary/aromatic N) is 1. The summed E-state index contributed by atoms with van der Waals surface area (Å²) in [6, 6.07) is 27.9. The first kappa shape index (κ1) is 26.0. The Morgan fingerprint density at radius 2 is 1.54 bits per heavy atom. The van der Waals surface area contributed by atoms with Gasteiger partial charge < -0.3 is 24.8 Å². The van der Waals surface area contributed by atoms with Gasteiger partial charge >= 0.3 is 0 Å². The lowest BCUT2D eigenvalue weighted by Crippen LogP contribution is -2.32. The molecule has 0 saturated carbocycles. The van der Waals surface area contributed by atoms with E-state index in [1.807, 2.05) is 6.07 Å². The minimum atomic E-state index is -0.452. The van der Waals surface area contributed by atoms with Crippen LogP contribution in [0.25, 0.3) is 0 Å². The van der Waals surface area contributed by atoms with Crippen LogP contribution in [0.4, 0.5) is 17.1 Å². The Bertz CT molecular complexity index is 1670. The predicted molar refractivity (Wildman–Crippen MR) is 155 cm³/mol. The minimum absolute atomic E-state index is 0.129. The van der Waals surface area contributed by atoms with Crippen LogP contribution in [0.15, 0.2) is 113 Å². The fourth-order valence-corrected chi connectivity index (χ4v) is 5.24. The molecule has 0 bridgehead atoms. The van der Waals surface area contributed by atoms with Crippen molar-refractivity contribution in [1.29, 1.82) is 0 Å². The Kier molecular flexibility index (Phi) is 7.05. The summed E-state index contributed by atoms with van der Waals surface area (Å²) in [7, 11) is 1.57. The number of fused-ring (bicyclic) bond motifs is 1. The highest BCUT2D eigenvalue weighted by Gasteiger charge is 2.40. The van der Waals surface area contributed by atoms with E-state index in [9.17, 15) is 14.4 Å². The number of rotatable bonds is 8. The first-order valence-corrected chi connectivity index (χ1v) is 13.4. The average molecular weight is 566 g/mol. The summed E-state index contributed by atoms with van der Waals surface area (Å²) >= 11 is 1.17. The standard InChI is InChI=1S/C31H23N3O6S/c1-38-23-12-8-20(9-13-23)32-27-28(31(37)34(30(27)36)22-5-3-2-4-6-22)41-24-14-10-21(11-15-24)33-29(35)19-7-16-25-26(17-19)40-18-39-25/h2-17,32H,18H2,1H3,(H,33,35). The van der Waals surface area contributed by atoms with E-state index in [-0.39, 0.29) is 23.3 Å². The van der Waals surface area contributed by atoms with Crippen LogP contribution in [0.1, 0.15) is 10.4 Å². The van der Waals surface area contributed by atoms with Crippen LogP contribution in [-0.4, -0.2) is 31.6 Å². The number of methoxy groups -OCH3 is 1. The molecule has 2 aliphatic rings. The van der Waals surface area contributed by atoms with Gasteiger partial charge in [0, 0.05) is 21.8 Å². The minimum Gasteiger partial charge on any atom is -0.497 e. The highest BCUT2D eigenvalue weighted by molar-refractivity contribution is 8.04. The van der Waals surface area contributed by atoms with Crippen molar-refractivity contribution in [2.75, 3.05) is 29.4 Å². The van der Waals surface area contributed by atoms with Crippen LogP contribution in [0.5, 0.6) is 17.2 Å². The van der Waals surface area contributed by atoms with Crippen molar-refractivity contribution in [1.82, 2.24) is 0 Å². The lowest BCUT2D eigenvalue weighted by molar-refractivity contribution is -0.120. The second kappa shape index (κ2) is 11.1. The Balaban J connectivity index is 1.23. The summed E-state index contributed by atoms with van der Waals surface area (Å²) in [5.41, 5.74) is 2.30. The van der Waals surface area contributed by atoms with Crippen molar-refractivity contribution in [3.63, 3.8) is 0 Å². The summed E-state index contributed by atoms with van der Waals surface area (Å²) in [6.07, 6.45) is 0. The Morgan fingerprint density at radius 1 is 0.829 bits per heavy atom. The van der Waals surface area contributed by atoms with Crippen molar-refractivity contribution < 1.29 is 28.6 Å². The lowest BCUT2D eigenvalue weighted by Gasteiger charge is -2.15. The van der Waals surface area contributed by atoms with Crippen LogP contribution in [0, 0.1) is 0 Å². The number of nitrogens with one attached hydrogen (secondary N) is 2. The number of benzene rings is 4. The molecule has 204 valence electrons. The number of carbonyl (C=O) groups is 3. The largest absolute Gasteiger partial charge is 0.497 e. The van der Waals surface area contributed by atoms with Gasteiger partial charge in [0.2, 0.25) is 6.79 Å². The van der Waals surface area contributed by atoms with Crippen molar-refractivity contribution >= 4 is 46.5 Å². The number of ether oxygens (including phenoxy) is 3. The zero-order valence-electron chi connectivity index (χ0n) is 21.7. The highest BCUT2D eigenvalue weighted by atomic mass is 32.2. The molecule has 0 saturated heterocycles. The maximum atomic E-state index is 13.6. The fourth-order valence-electron chi connectivity index (χ4n) is 4.31. The molecule has 6 rings (SSSR count). The Labute approximate surface area is 239 Å². The van der Waals surface area contributed by atoms with E-state index in [4.69, 9.17) is 14.2 Å². The van der Waals surface area contributed by atoms with Gasteiger partial charge in [-0.2, -0.15) is 0 Å². The van der Waals surface area contributed by atoms with Crippen molar-refractivity contribution in [2.24, 2.45) is 0 Å². The molecule has 2 heterocycles. The van der Waals surface area contributed by atoms with Gasteiger partial charge in [-0.1, -0.05) is 30.0 Å². The zero-order chi connectivity index (χ0) is 28.3. The van der Waals surface area contributed by atoms with Gasteiger partial charge in [-0.05, 0) is 78.9 Å². The van der Waals surface area contributed by atoms with E-state index < -0.39 is 11.8 Å². The summed E-state index contributed by atoms with van der Waals surface area (Å²) in [6.45, 7) is 0.129. The quantitative estimate of drug-likeness (QED) is 0.264. The maximum Gasteiger partial charge on any atom is 0.283 e. The Hall–Kier alpha value is -5.22. The smallest absolute Gasteiger partial charge is 0.283 e. The molecule has 0 aromatic heterocycles. The number of anilines is 3. The summed E-state index contributed by atoms with van der Waals surface area (Å²) in [4.78, 5) is 42.0. The van der Waals surface area contributed by atoms with Gasteiger partial charge in [0.1, 0.15) is 16.4 Å². The average Bonchev–Trinajstić information content (AvgIpc) is 3.57. The van der Waals surface area contributed by atoms with Crippen LogP contribution < -0.4 is 29.7 Å². The van der Waals surface area contributed by atoms with Crippen LogP contribution in [-0.2, 0) is 9.59 Å². The molecule has 4 aromatic rings. The van der Waals surface area contributed by atoms with Gasteiger partial charge in [-0.15, -0.1) is 0 Å². The second-order valence-corrected chi connectivity index (χ2v) is 10.1. The monoisotopic (exact) mass is 565 g/mol. The van der Waals surface area contributed by atoms with Crippen molar-refractivity contribution in [3.8, 4) is 17.2 Å². The number of hydrogen-bond donors (Lipinski definition) is 2. The molecule has 0 fully saturated rings. The van der Waals surface area contributed by atoms with E-state index in [1.165, 1.54) is 11.8 Å². The molecule has 0 unspecified atom stereocenters. The zero-order valence-corrected chi connectivity index (χ0v) is 22.6. The van der Waals surface area contributed by atoms with Gasteiger partial charge in [0.15, 0.2) is 11.5 Å². The predicted octanol–water partition coefficient (Wildman–Crippen LogP) is 5.67. The second-order valence-electron chi connectivity index (χ2n) is 8.99. The van der Waals surface area contributed by atoms with Crippen LogP contribution >= 0.6 is 11.8 Å².